The maximum Gasteiger partial charge on any atom is 0.492 e. The van der Waals surface area contributed by atoms with Crippen LogP contribution in [0.4, 0.5) is 30.2 Å². The predicted octanol–water partition coefficient (Wildman–Crippen LogP) is 3.06. The van der Waals surface area contributed by atoms with Crippen LogP contribution in [0.5, 0.6) is 0 Å². The van der Waals surface area contributed by atoms with Crippen molar-refractivity contribution < 1.29 is 31.6 Å². The molecule has 36 heavy (non-hydrogen) atoms. The Balaban J connectivity index is 1.83. The molecule has 0 aromatic heterocycles. The van der Waals surface area contributed by atoms with Crippen LogP contribution in [0.3, 0.4) is 0 Å². The Labute approximate surface area is 209 Å². The fourth-order valence-corrected chi connectivity index (χ4v) is 5.76. The number of nitrogens with one attached hydrogen (secondary N) is 1. The van der Waals surface area contributed by atoms with Gasteiger partial charge in [0.15, 0.2) is 0 Å². The molecule has 1 atom stereocenters. The van der Waals surface area contributed by atoms with Crippen molar-refractivity contribution in [3.8, 4) is 0 Å². The summed E-state index contributed by atoms with van der Waals surface area (Å²) in [4.78, 5) is 21.3. The molecule has 2 aromatic rings. The van der Waals surface area contributed by atoms with Gasteiger partial charge in [-0.15, -0.1) is 0 Å². The van der Waals surface area contributed by atoms with Gasteiger partial charge in [0.1, 0.15) is 0 Å². The van der Waals surface area contributed by atoms with Crippen molar-refractivity contribution in [2.75, 3.05) is 76.5 Å². The van der Waals surface area contributed by atoms with Crippen LogP contribution in [0.15, 0.2) is 46.3 Å². The van der Waals surface area contributed by atoms with Crippen molar-refractivity contribution in [2.45, 2.75) is 11.1 Å². The number of carbonyl (C=O) groups excluding carboxylic acids is 1. The second-order valence-electron chi connectivity index (χ2n) is 8.26. The van der Waals surface area contributed by atoms with Crippen LogP contribution in [0.2, 0.25) is 0 Å². The number of anilines is 2. The van der Waals surface area contributed by atoms with E-state index in [4.69, 9.17) is 13.7 Å². The monoisotopic (exact) mass is 526 g/mol. The number of ether oxygens (including phenoxy) is 2. The average molecular weight is 527 g/mol. The van der Waals surface area contributed by atoms with E-state index in [0.717, 1.165) is 37.6 Å². The quantitative estimate of drug-likeness (QED) is 0.504. The molecule has 0 amide bonds. The van der Waals surface area contributed by atoms with E-state index in [1.807, 2.05) is 17.0 Å². The van der Waals surface area contributed by atoms with Gasteiger partial charge < -0.3 is 28.8 Å². The molecule has 2 heterocycles. The summed E-state index contributed by atoms with van der Waals surface area (Å²) in [5.74, 6) is -2.22. The Kier molecular flexibility index (Phi) is 8.50. The molecule has 196 valence electrons. The number of methoxy groups -OCH3 is 2. The van der Waals surface area contributed by atoms with Crippen molar-refractivity contribution in [1.29, 1.82) is 0 Å². The number of halogens is 3. The summed E-state index contributed by atoms with van der Waals surface area (Å²) < 4.78 is 55.8. The predicted molar refractivity (Wildman–Crippen MR) is 132 cm³/mol. The molecular formula is C24H29F3N4O4S. The van der Waals surface area contributed by atoms with Crippen LogP contribution in [-0.4, -0.2) is 78.8 Å². The van der Waals surface area contributed by atoms with Gasteiger partial charge in [-0.2, -0.15) is 13.2 Å². The van der Waals surface area contributed by atoms with Gasteiger partial charge in [0.2, 0.25) is 0 Å². The molecule has 0 radical (unpaired) electrons. The molecule has 0 aliphatic carbocycles. The second kappa shape index (κ2) is 11.6. The van der Waals surface area contributed by atoms with Crippen LogP contribution < -0.4 is 20.5 Å². The molecule has 12 heteroatoms. The first-order chi connectivity index (χ1) is 17.3. The highest BCUT2D eigenvalue weighted by Crippen LogP contribution is 2.43. The normalized spacial score (nSPS) is 17.1. The number of fused-ring (bicyclic) bond motifs is 2. The van der Waals surface area contributed by atoms with Crippen molar-refractivity contribution >= 4 is 33.8 Å². The van der Waals surface area contributed by atoms with Gasteiger partial charge in [-0.05, 0) is 36.4 Å². The summed E-state index contributed by atoms with van der Waals surface area (Å²) in [6.45, 7) is 5.16. The smallest absolute Gasteiger partial charge is 0.388 e. The molecule has 0 saturated carbocycles. The van der Waals surface area contributed by atoms with Crippen LogP contribution in [0.25, 0.3) is 0 Å². The maximum atomic E-state index is 13.3. The van der Waals surface area contributed by atoms with Gasteiger partial charge in [-0.3, -0.25) is 0 Å². The van der Waals surface area contributed by atoms with Crippen molar-refractivity contribution in [3.63, 3.8) is 0 Å². The summed E-state index contributed by atoms with van der Waals surface area (Å²) in [6.07, 6.45) is -5.11. The zero-order valence-electron chi connectivity index (χ0n) is 20.1. The maximum absolute atomic E-state index is 13.3. The van der Waals surface area contributed by atoms with Gasteiger partial charge in [-0.25, -0.2) is 9.79 Å². The number of piperazine rings is 1. The third-order valence-electron chi connectivity index (χ3n) is 5.90. The molecule has 1 unspecified atom stereocenters. The van der Waals surface area contributed by atoms with E-state index >= 15 is 0 Å². The molecule has 8 nitrogen and oxygen atoms in total. The lowest BCUT2D eigenvalue weighted by Crippen LogP contribution is -2.43. The fourth-order valence-electron chi connectivity index (χ4n) is 4.04. The Morgan fingerprint density at radius 1 is 1.08 bits per heavy atom. The second-order valence-corrected chi connectivity index (χ2v) is 9.85. The highest BCUT2D eigenvalue weighted by atomic mass is 32.2. The van der Waals surface area contributed by atoms with E-state index in [9.17, 15) is 18.0 Å². The van der Waals surface area contributed by atoms with Crippen LogP contribution >= 0.6 is 10.8 Å². The Morgan fingerprint density at radius 2 is 1.78 bits per heavy atom. The molecule has 2 aliphatic rings. The standard InChI is InChI=1S/C24H29F3N4O4S/c1-33-13-11-31(12-14-34-2)18-4-6-20-22(16-18)36(35-23(32)24(25,26)27)21-15-17(3-5-19(21)29-20)30-9-7-28-8-10-30/h3-6,15-16,28H,7-14H2,1-2H3. The van der Waals surface area contributed by atoms with E-state index < -0.39 is 22.9 Å². The zero-order chi connectivity index (χ0) is 25.7. The van der Waals surface area contributed by atoms with Gasteiger partial charge in [0, 0.05) is 75.6 Å². The summed E-state index contributed by atoms with van der Waals surface area (Å²) >= 11 is 0. The van der Waals surface area contributed by atoms with Crippen molar-refractivity contribution in [3.05, 3.63) is 46.3 Å². The topological polar surface area (TPSA) is 75.6 Å². The first-order valence-electron chi connectivity index (χ1n) is 11.5. The molecule has 0 bridgehead atoms. The zero-order valence-corrected chi connectivity index (χ0v) is 21.0. The molecule has 2 aliphatic heterocycles. The molecular weight excluding hydrogens is 497 g/mol. The van der Waals surface area contributed by atoms with E-state index in [1.165, 1.54) is 0 Å². The number of benzene rings is 2. The third-order valence-corrected chi connectivity index (χ3v) is 7.67. The number of alkyl halides is 3. The molecule has 2 aromatic carbocycles. The lowest BCUT2D eigenvalue weighted by atomic mass is 10.2. The first kappa shape index (κ1) is 26.4. The number of rotatable bonds is 9. The molecule has 1 N–H and O–H groups in total. The van der Waals surface area contributed by atoms with Crippen LogP contribution in [0, 0.1) is 4.51 Å². The average Bonchev–Trinajstić information content (AvgIpc) is 2.88. The van der Waals surface area contributed by atoms with E-state index in [0.29, 0.717) is 46.8 Å². The number of hydrogen-bond acceptors (Lipinski definition) is 8. The van der Waals surface area contributed by atoms with Gasteiger partial charge in [0.05, 0.1) is 33.7 Å². The molecule has 1 fully saturated rings. The minimum absolute atomic E-state index is 0.426. The number of nitrogens with zero attached hydrogens (tertiary/aromatic N) is 3. The van der Waals surface area contributed by atoms with Gasteiger partial charge in [0.25, 0.3) is 0 Å². The summed E-state index contributed by atoms with van der Waals surface area (Å²) in [6, 6.07) is 10.8. The Hall–Kier alpha value is -2.67. The number of hydrogen-bond donors (Lipinski definition) is 1. The lowest BCUT2D eigenvalue weighted by Gasteiger charge is -2.30. The summed E-state index contributed by atoms with van der Waals surface area (Å²) in [7, 11) is 1.58. The van der Waals surface area contributed by atoms with E-state index in [-0.39, 0.29) is 0 Å². The van der Waals surface area contributed by atoms with Gasteiger partial charge in [-0.1, -0.05) is 0 Å². The van der Waals surface area contributed by atoms with Crippen LogP contribution in [0.1, 0.15) is 0 Å². The SMILES string of the molecule is COCCN(CCOC)c1ccc2c(c1)S(OC(=O)C(F)(F)F)=c1cc(N3CCNCC3)ccc1=N2. The lowest BCUT2D eigenvalue weighted by molar-refractivity contribution is -0.188. The summed E-state index contributed by atoms with van der Waals surface area (Å²) in [5.41, 5.74) is 2.07. The number of carbonyl (C=O) groups is 1. The molecule has 0 spiro atoms. The first-order valence-corrected chi connectivity index (χ1v) is 12.7. The highest BCUT2D eigenvalue weighted by molar-refractivity contribution is 8.05. The third kappa shape index (κ3) is 6.00. The van der Waals surface area contributed by atoms with Crippen molar-refractivity contribution in [2.24, 2.45) is 4.99 Å². The minimum Gasteiger partial charge on any atom is -0.388 e. The Bertz CT molecular complexity index is 1210. The molecule has 1 saturated heterocycles. The Morgan fingerprint density at radius 3 is 2.42 bits per heavy atom. The van der Waals surface area contributed by atoms with Crippen molar-refractivity contribution in [1.82, 2.24) is 5.32 Å². The summed E-state index contributed by atoms with van der Waals surface area (Å²) in [5, 5.41) is 3.77. The van der Waals surface area contributed by atoms with E-state index in [2.05, 4.69) is 15.2 Å². The van der Waals surface area contributed by atoms with E-state index in [1.54, 1.807) is 38.5 Å². The highest BCUT2D eigenvalue weighted by Gasteiger charge is 2.42. The fraction of sp³-hybridized carbons (Fsp3) is 0.458. The van der Waals surface area contributed by atoms with Crippen LogP contribution in [-0.2, 0) is 18.5 Å². The largest absolute Gasteiger partial charge is 0.492 e. The van der Waals surface area contributed by atoms with Gasteiger partial charge >= 0.3 is 12.1 Å². The minimum atomic E-state index is -5.11. The molecule has 4 rings (SSSR count).